The summed E-state index contributed by atoms with van der Waals surface area (Å²) in [7, 11) is 1.63. The lowest BCUT2D eigenvalue weighted by atomic mass is 10.1. The molecule has 0 fully saturated rings. The fourth-order valence-electron chi connectivity index (χ4n) is 2.49. The third kappa shape index (κ3) is 5.48. The number of nitrogens with two attached hydrogens (primary N) is 1. The maximum atomic E-state index is 6.01. The standard InChI is InChI=1S/C19H21N5O.HI/c1-25-18-9-4-8-17(12-18)23-19(20)21-13-15-6-2-3-7-16(15)14-24-11-5-10-22-24;/h2-12H,13-14H2,1H3,(H3,20,21,23);1H. The van der Waals surface area contributed by atoms with Gasteiger partial charge in [-0.1, -0.05) is 30.3 Å². The number of methoxy groups -OCH3 is 1. The molecule has 1 heterocycles. The first kappa shape index (κ1) is 19.8. The predicted molar refractivity (Wildman–Crippen MR) is 115 cm³/mol. The molecule has 3 rings (SSSR count). The summed E-state index contributed by atoms with van der Waals surface area (Å²) in [5.74, 6) is 1.13. The van der Waals surface area contributed by atoms with E-state index in [9.17, 15) is 0 Å². The monoisotopic (exact) mass is 463 g/mol. The maximum Gasteiger partial charge on any atom is 0.193 e. The Kier molecular flexibility index (Phi) is 7.46. The Morgan fingerprint density at radius 2 is 1.96 bits per heavy atom. The zero-order valence-corrected chi connectivity index (χ0v) is 16.8. The molecule has 1 aromatic heterocycles. The van der Waals surface area contributed by atoms with Crippen molar-refractivity contribution in [1.82, 2.24) is 9.78 Å². The van der Waals surface area contributed by atoms with Crippen LogP contribution in [0.2, 0.25) is 0 Å². The molecule has 0 unspecified atom stereocenters. The fourth-order valence-corrected chi connectivity index (χ4v) is 2.49. The van der Waals surface area contributed by atoms with Gasteiger partial charge in [0, 0.05) is 24.1 Å². The molecule has 2 aromatic carbocycles. The number of rotatable bonds is 6. The molecule has 0 bridgehead atoms. The van der Waals surface area contributed by atoms with Gasteiger partial charge in [-0.3, -0.25) is 4.68 Å². The molecule has 26 heavy (non-hydrogen) atoms. The van der Waals surface area contributed by atoms with Crippen LogP contribution >= 0.6 is 24.0 Å². The molecule has 0 aliphatic carbocycles. The van der Waals surface area contributed by atoms with Crippen molar-refractivity contribution in [2.75, 3.05) is 12.4 Å². The number of halogens is 1. The Bertz CT molecular complexity index is 849. The van der Waals surface area contributed by atoms with Gasteiger partial charge < -0.3 is 15.8 Å². The molecule has 0 amide bonds. The molecule has 0 saturated carbocycles. The van der Waals surface area contributed by atoms with Crippen LogP contribution in [0.25, 0.3) is 0 Å². The summed E-state index contributed by atoms with van der Waals surface area (Å²) in [6, 6.07) is 17.6. The van der Waals surface area contributed by atoms with Crippen molar-refractivity contribution in [2.24, 2.45) is 10.7 Å². The van der Waals surface area contributed by atoms with Crippen molar-refractivity contribution in [3.63, 3.8) is 0 Å². The summed E-state index contributed by atoms with van der Waals surface area (Å²) in [5, 5.41) is 7.33. The molecule has 0 aliphatic rings. The van der Waals surface area contributed by atoms with Crippen molar-refractivity contribution < 1.29 is 4.74 Å². The second-order valence-corrected chi connectivity index (χ2v) is 5.53. The number of aromatic nitrogens is 2. The lowest BCUT2D eigenvalue weighted by Crippen LogP contribution is -2.22. The Hall–Kier alpha value is -2.55. The summed E-state index contributed by atoms with van der Waals surface area (Å²) >= 11 is 0. The van der Waals surface area contributed by atoms with Crippen LogP contribution in [0.5, 0.6) is 5.75 Å². The first-order valence-electron chi connectivity index (χ1n) is 8.00. The van der Waals surface area contributed by atoms with Crippen LogP contribution in [0.3, 0.4) is 0 Å². The lowest BCUT2D eigenvalue weighted by Gasteiger charge is -2.10. The number of benzene rings is 2. The molecule has 0 spiro atoms. The van der Waals surface area contributed by atoms with Crippen LogP contribution in [0.4, 0.5) is 5.69 Å². The van der Waals surface area contributed by atoms with Crippen LogP contribution in [0.15, 0.2) is 72.0 Å². The first-order chi connectivity index (χ1) is 12.2. The van der Waals surface area contributed by atoms with Gasteiger partial charge in [0.15, 0.2) is 5.96 Å². The summed E-state index contributed by atoms with van der Waals surface area (Å²) in [6.45, 7) is 1.21. The number of nitrogens with one attached hydrogen (secondary N) is 1. The summed E-state index contributed by atoms with van der Waals surface area (Å²) in [4.78, 5) is 4.45. The van der Waals surface area contributed by atoms with Gasteiger partial charge in [0.1, 0.15) is 5.75 Å². The molecule has 0 radical (unpaired) electrons. The number of anilines is 1. The molecule has 0 atom stereocenters. The van der Waals surface area contributed by atoms with E-state index in [0.717, 1.165) is 17.0 Å². The Morgan fingerprint density at radius 3 is 2.69 bits per heavy atom. The van der Waals surface area contributed by atoms with E-state index in [1.165, 1.54) is 5.56 Å². The van der Waals surface area contributed by atoms with Crippen LogP contribution in [0.1, 0.15) is 11.1 Å². The molecular weight excluding hydrogens is 441 g/mol. The lowest BCUT2D eigenvalue weighted by molar-refractivity contribution is 0.415. The van der Waals surface area contributed by atoms with Crippen molar-refractivity contribution >= 4 is 35.6 Å². The minimum Gasteiger partial charge on any atom is -0.497 e. The highest BCUT2D eigenvalue weighted by Gasteiger charge is 2.03. The summed E-state index contributed by atoms with van der Waals surface area (Å²) in [5.41, 5.74) is 9.14. The van der Waals surface area contributed by atoms with E-state index in [4.69, 9.17) is 10.5 Å². The average Bonchev–Trinajstić information content (AvgIpc) is 3.14. The predicted octanol–water partition coefficient (Wildman–Crippen LogP) is 3.48. The second kappa shape index (κ2) is 9.81. The minimum atomic E-state index is 0. The largest absolute Gasteiger partial charge is 0.497 e. The van der Waals surface area contributed by atoms with Gasteiger partial charge in [-0.15, -0.1) is 24.0 Å². The molecular formula is C19H22IN5O. The normalized spacial score (nSPS) is 10.9. The maximum absolute atomic E-state index is 6.01. The smallest absolute Gasteiger partial charge is 0.193 e. The Balaban J connectivity index is 0.00000243. The van der Waals surface area contributed by atoms with Crippen LogP contribution in [0, 0.1) is 0 Å². The van der Waals surface area contributed by atoms with Gasteiger partial charge in [0.25, 0.3) is 0 Å². The van der Waals surface area contributed by atoms with E-state index in [2.05, 4.69) is 27.5 Å². The summed E-state index contributed by atoms with van der Waals surface area (Å²) < 4.78 is 7.09. The van der Waals surface area contributed by atoms with Crippen LogP contribution < -0.4 is 15.8 Å². The molecule has 3 N–H and O–H groups in total. The number of hydrogen-bond donors (Lipinski definition) is 2. The topological polar surface area (TPSA) is 77.5 Å². The van der Waals surface area contributed by atoms with Crippen LogP contribution in [-0.2, 0) is 13.1 Å². The van der Waals surface area contributed by atoms with Gasteiger partial charge in [-0.2, -0.15) is 5.10 Å². The molecule has 136 valence electrons. The number of guanidine groups is 1. The van der Waals surface area contributed by atoms with Gasteiger partial charge in [-0.25, -0.2) is 4.99 Å². The molecule has 6 nitrogen and oxygen atoms in total. The van der Waals surface area contributed by atoms with Gasteiger partial charge in [0.2, 0.25) is 0 Å². The highest BCUT2D eigenvalue weighted by atomic mass is 127. The van der Waals surface area contributed by atoms with Gasteiger partial charge in [0.05, 0.1) is 20.2 Å². The average molecular weight is 463 g/mol. The van der Waals surface area contributed by atoms with Gasteiger partial charge >= 0.3 is 0 Å². The highest BCUT2D eigenvalue weighted by molar-refractivity contribution is 14.0. The van der Waals surface area contributed by atoms with E-state index in [-0.39, 0.29) is 24.0 Å². The summed E-state index contributed by atoms with van der Waals surface area (Å²) in [6.07, 6.45) is 3.72. The van der Waals surface area contributed by atoms with Crippen molar-refractivity contribution in [2.45, 2.75) is 13.1 Å². The molecule has 0 saturated heterocycles. The van der Waals surface area contributed by atoms with E-state index in [1.54, 1.807) is 13.3 Å². The quantitative estimate of drug-likeness (QED) is 0.334. The molecule has 3 aromatic rings. The number of hydrogen-bond acceptors (Lipinski definition) is 3. The van der Waals surface area contributed by atoms with Crippen molar-refractivity contribution in [3.05, 3.63) is 78.1 Å². The van der Waals surface area contributed by atoms with E-state index in [0.29, 0.717) is 19.0 Å². The zero-order valence-electron chi connectivity index (χ0n) is 14.5. The molecule has 7 heteroatoms. The third-order valence-electron chi connectivity index (χ3n) is 3.77. The van der Waals surface area contributed by atoms with Gasteiger partial charge in [-0.05, 0) is 29.3 Å². The highest BCUT2D eigenvalue weighted by Crippen LogP contribution is 2.16. The molecule has 0 aliphatic heterocycles. The Morgan fingerprint density at radius 1 is 1.15 bits per heavy atom. The SMILES string of the molecule is COc1cccc(NC(N)=NCc2ccccc2Cn2cccn2)c1.I. The fraction of sp³-hybridized carbons (Fsp3) is 0.158. The number of nitrogens with zero attached hydrogens (tertiary/aromatic N) is 3. The first-order valence-corrected chi connectivity index (χ1v) is 8.00. The van der Waals surface area contributed by atoms with E-state index < -0.39 is 0 Å². The van der Waals surface area contributed by atoms with Crippen molar-refractivity contribution in [1.29, 1.82) is 0 Å². The third-order valence-corrected chi connectivity index (χ3v) is 3.77. The van der Waals surface area contributed by atoms with E-state index >= 15 is 0 Å². The second-order valence-electron chi connectivity index (χ2n) is 5.53. The van der Waals surface area contributed by atoms with Crippen molar-refractivity contribution in [3.8, 4) is 5.75 Å². The van der Waals surface area contributed by atoms with Crippen LogP contribution in [-0.4, -0.2) is 22.8 Å². The number of ether oxygens (including phenoxy) is 1. The number of aliphatic imine (C=N–C) groups is 1. The zero-order chi connectivity index (χ0) is 17.5. The van der Waals surface area contributed by atoms with E-state index in [1.807, 2.05) is 53.3 Å². The Labute approximate surface area is 170 Å². The minimum absolute atomic E-state index is 0.